The Morgan fingerprint density at radius 1 is 1.32 bits per heavy atom. The second-order valence-corrected chi connectivity index (χ2v) is 4.78. The maximum Gasteiger partial charge on any atom is 0.185 e. The van der Waals surface area contributed by atoms with E-state index in [1.165, 1.54) is 4.68 Å². The fraction of sp³-hybridized carbons (Fsp3) is 0.400. The maximum absolute atomic E-state index is 9.49. The number of aromatic nitrogens is 3. The summed E-state index contributed by atoms with van der Waals surface area (Å²) in [6.45, 7) is 0.251. The molecule has 1 atom stereocenters. The number of benzene rings is 1. The van der Waals surface area contributed by atoms with Gasteiger partial charge in [0.25, 0.3) is 0 Å². The highest BCUT2D eigenvalue weighted by Crippen LogP contribution is 2.11. The average molecular weight is 302 g/mol. The molecule has 7 heteroatoms. The van der Waals surface area contributed by atoms with Crippen molar-refractivity contribution in [3.63, 3.8) is 0 Å². The van der Waals surface area contributed by atoms with Crippen molar-refractivity contribution < 1.29 is 14.9 Å². The van der Waals surface area contributed by atoms with Gasteiger partial charge in [0.15, 0.2) is 5.69 Å². The lowest BCUT2D eigenvalue weighted by Crippen LogP contribution is -2.22. The third kappa shape index (κ3) is 4.28. The summed E-state index contributed by atoms with van der Waals surface area (Å²) in [5, 5.41) is 35.1. The number of hydrogen-bond donors (Lipinski definition) is 2. The Balaban J connectivity index is 1.91. The van der Waals surface area contributed by atoms with E-state index in [9.17, 15) is 5.11 Å². The molecule has 0 amide bonds. The number of aliphatic hydroxyl groups excluding tert-OH is 2. The standard InChI is InChI=1S/C15H18N4O3/c16-9-14-15(19(18-17-14)10-12(21)11-20)7-4-8-22-13-5-2-1-3-6-13/h1-3,5-6,12,20-21H,4,7-8,10-11H2. The van der Waals surface area contributed by atoms with Gasteiger partial charge in [-0.3, -0.25) is 0 Å². The lowest BCUT2D eigenvalue weighted by atomic mass is 10.2. The van der Waals surface area contributed by atoms with Crippen LogP contribution in [-0.4, -0.2) is 44.5 Å². The molecule has 0 aliphatic rings. The summed E-state index contributed by atoms with van der Waals surface area (Å²) in [4.78, 5) is 0. The zero-order valence-electron chi connectivity index (χ0n) is 12.1. The SMILES string of the molecule is N#Cc1nnn(CC(O)CO)c1CCCOc1ccccc1. The van der Waals surface area contributed by atoms with Crippen molar-refractivity contribution in [3.05, 3.63) is 41.7 Å². The highest BCUT2D eigenvalue weighted by atomic mass is 16.5. The molecule has 2 N–H and O–H groups in total. The third-order valence-electron chi connectivity index (χ3n) is 3.11. The van der Waals surface area contributed by atoms with Crippen molar-refractivity contribution in [2.75, 3.05) is 13.2 Å². The van der Waals surface area contributed by atoms with E-state index < -0.39 is 6.10 Å². The molecule has 0 spiro atoms. The summed E-state index contributed by atoms with van der Waals surface area (Å²) in [6.07, 6.45) is 0.320. The van der Waals surface area contributed by atoms with Gasteiger partial charge in [0, 0.05) is 0 Å². The fourth-order valence-electron chi connectivity index (χ4n) is 2.02. The lowest BCUT2D eigenvalue weighted by Gasteiger charge is -2.10. The zero-order chi connectivity index (χ0) is 15.8. The largest absolute Gasteiger partial charge is 0.494 e. The van der Waals surface area contributed by atoms with Crippen LogP contribution in [0.4, 0.5) is 0 Å². The van der Waals surface area contributed by atoms with E-state index in [0.29, 0.717) is 25.1 Å². The molecule has 1 heterocycles. The number of para-hydroxylation sites is 1. The maximum atomic E-state index is 9.49. The van der Waals surface area contributed by atoms with E-state index in [1.54, 1.807) is 0 Å². The van der Waals surface area contributed by atoms with Crippen LogP contribution in [0.1, 0.15) is 17.8 Å². The van der Waals surface area contributed by atoms with Gasteiger partial charge in [-0.15, -0.1) is 5.10 Å². The Hall–Kier alpha value is -2.43. The molecule has 0 saturated carbocycles. The predicted molar refractivity (Wildman–Crippen MR) is 78.1 cm³/mol. The van der Waals surface area contributed by atoms with E-state index in [-0.39, 0.29) is 18.8 Å². The Morgan fingerprint density at radius 3 is 2.77 bits per heavy atom. The Kier molecular flexibility index (Phi) is 5.89. The van der Waals surface area contributed by atoms with E-state index in [0.717, 1.165) is 5.75 Å². The summed E-state index contributed by atoms with van der Waals surface area (Å²) in [7, 11) is 0. The highest BCUT2D eigenvalue weighted by molar-refractivity contribution is 5.25. The number of ether oxygens (including phenoxy) is 1. The Morgan fingerprint density at radius 2 is 2.09 bits per heavy atom. The van der Waals surface area contributed by atoms with Crippen LogP contribution < -0.4 is 4.74 Å². The van der Waals surface area contributed by atoms with Gasteiger partial charge in [-0.25, -0.2) is 4.68 Å². The molecular weight excluding hydrogens is 284 g/mol. The number of aliphatic hydroxyl groups is 2. The first-order chi connectivity index (χ1) is 10.7. The second-order valence-electron chi connectivity index (χ2n) is 4.78. The lowest BCUT2D eigenvalue weighted by molar-refractivity contribution is 0.0770. The monoisotopic (exact) mass is 302 g/mol. The number of nitrogens with zero attached hydrogens (tertiary/aromatic N) is 4. The van der Waals surface area contributed by atoms with Gasteiger partial charge >= 0.3 is 0 Å². The molecule has 1 aromatic heterocycles. The molecule has 116 valence electrons. The summed E-state index contributed by atoms with van der Waals surface area (Å²) < 4.78 is 7.06. The minimum atomic E-state index is -0.924. The molecular formula is C15H18N4O3. The molecule has 0 aliphatic carbocycles. The molecule has 0 saturated heterocycles. The summed E-state index contributed by atoms with van der Waals surface area (Å²) in [5.74, 6) is 0.797. The Labute approximate surface area is 128 Å². The van der Waals surface area contributed by atoms with E-state index in [4.69, 9.17) is 15.1 Å². The summed E-state index contributed by atoms with van der Waals surface area (Å²) >= 11 is 0. The van der Waals surface area contributed by atoms with Crippen LogP contribution in [0, 0.1) is 11.3 Å². The van der Waals surface area contributed by atoms with Gasteiger partial charge in [0.2, 0.25) is 0 Å². The smallest absolute Gasteiger partial charge is 0.185 e. The van der Waals surface area contributed by atoms with Crippen molar-refractivity contribution in [2.45, 2.75) is 25.5 Å². The van der Waals surface area contributed by atoms with Crippen LogP contribution in [0.5, 0.6) is 5.75 Å². The molecule has 0 bridgehead atoms. The Bertz CT molecular complexity index is 621. The molecule has 1 unspecified atom stereocenters. The second kappa shape index (κ2) is 8.12. The van der Waals surface area contributed by atoms with Crippen LogP contribution in [-0.2, 0) is 13.0 Å². The minimum Gasteiger partial charge on any atom is -0.494 e. The van der Waals surface area contributed by atoms with Crippen LogP contribution in [0.3, 0.4) is 0 Å². The first kappa shape index (κ1) is 15.9. The first-order valence-corrected chi connectivity index (χ1v) is 7.04. The molecule has 7 nitrogen and oxygen atoms in total. The average Bonchev–Trinajstić information content (AvgIpc) is 2.94. The van der Waals surface area contributed by atoms with Gasteiger partial charge in [0.05, 0.1) is 31.6 Å². The van der Waals surface area contributed by atoms with Crippen molar-refractivity contribution in [2.24, 2.45) is 0 Å². The van der Waals surface area contributed by atoms with Crippen LogP contribution >= 0.6 is 0 Å². The van der Waals surface area contributed by atoms with Crippen molar-refractivity contribution in [1.29, 1.82) is 5.26 Å². The fourth-order valence-corrected chi connectivity index (χ4v) is 2.02. The van der Waals surface area contributed by atoms with Crippen LogP contribution in [0.2, 0.25) is 0 Å². The molecule has 22 heavy (non-hydrogen) atoms. The summed E-state index contributed by atoms with van der Waals surface area (Å²) in [5.41, 5.74) is 0.886. The number of nitriles is 1. The molecule has 2 rings (SSSR count). The topological polar surface area (TPSA) is 104 Å². The molecule has 0 radical (unpaired) electrons. The van der Waals surface area contributed by atoms with Gasteiger partial charge in [0.1, 0.15) is 11.8 Å². The van der Waals surface area contributed by atoms with Crippen LogP contribution in [0.15, 0.2) is 30.3 Å². The third-order valence-corrected chi connectivity index (χ3v) is 3.11. The van der Waals surface area contributed by atoms with Gasteiger partial charge < -0.3 is 14.9 Å². The van der Waals surface area contributed by atoms with E-state index in [2.05, 4.69) is 10.3 Å². The highest BCUT2D eigenvalue weighted by Gasteiger charge is 2.15. The minimum absolute atomic E-state index is 0.111. The van der Waals surface area contributed by atoms with Crippen molar-refractivity contribution >= 4 is 0 Å². The van der Waals surface area contributed by atoms with E-state index in [1.807, 2.05) is 36.4 Å². The quantitative estimate of drug-likeness (QED) is 0.689. The van der Waals surface area contributed by atoms with Crippen LogP contribution in [0.25, 0.3) is 0 Å². The van der Waals surface area contributed by atoms with Crippen molar-refractivity contribution in [3.8, 4) is 11.8 Å². The summed E-state index contributed by atoms with van der Waals surface area (Å²) in [6, 6.07) is 11.5. The molecule has 2 aromatic rings. The van der Waals surface area contributed by atoms with Gasteiger partial charge in [-0.2, -0.15) is 5.26 Å². The molecule has 1 aromatic carbocycles. The number of rotatable bonds is 8. The van der Waals surface area contributed by atoms with Gasteiger partial charge in [-0.05, 0) is 25.0 Å². The van der Waals surface area contributed by atoms with Crippen molar-refractivity contribution in [1.82, 2.24) is 15.0 Å². The number of hydrogen-bond acceptors (Lipinski definition) is 6. The van der Waals surface area contributed by atoms with E-state index >= 15 is 0 Å². The zero-order valence-corrected chi connectivity index (χ0v) is 12.1. The van der Waals surface area contributed by atoms with Gasteiger partial charge in [-0.1, -0.05) is 23.4 Å². The molecule has 0 fully saturated rings. The first-order valence-electron chi connectivity index (χ1n) is 7.04. The molecule has 0 aliphatic heterocycles. The predicted octanol–water partition coefficient (Wildman–Crippen LogP) is 0.515. The normalized spacial score (nSPS) is 11.9.